The van der Waals surface area contributed by atoms with Crippen LogP contribution < -0.4 is 11.1 Å². The molecular formula is C12H14N2O. The molecule has 0 fully saturated rings. The second-order valence-electron chi connectivity index (χ2n) is 3.60. The van der Waals surface area contributed by atoms with Gasteiger partial charge in [-0.3, -0.25) is 4.79 Å². The maximum absolute atomic E-state index is 11.2. The molecule has 1 heterocycles. The predicted octanol–water partition coefficient (Wildman–Crippen LogP) is 1.16. The molecular weight excluding hydrogens is 188 g/mol. The van der Waals surface area contributed by atoms with Crippen molar-refractivity contribution in [3.63, 3.8) is 0 Å². The van der Waals surface area contributed by atoms with Crippen LogP contribution in [0, 0.1) is 0 Å². The van der Waals surface area contributed by atoms with Crippen molar-refractivity contribution >= 4 is 11.5 Å². The highest BCUT2D eigenvalue weighted by atomic mass is 16.1. The second kappa shape index (κ2) is 4.28. The first kappa shape index (κ1) is 9.93. The number of hydrogen-bond donors (Lipinski definition) is 2. The number of nitrogens with two attached hydrogens (primary N) is 1. The van der Waals surface area contributed by atoms with Crippen molar-refractivity contribution < 1.29 is 4.79 Å². The number of hydrogen-bond acceptors (Lipinski definition) is 2. The molecule has 3 nitrogen and oxygen atoms in total. The number of rotatable bonds is 2. The zero-order valence-corrected chi connectivity index (χ0v) is 8.49. The topological polar surface area (TPSA) is 55.1 Å². The van der Waals surface area contributed by atoms with E-state index in [2.05, 4.69) is 11.4 Å². The largest absolute Gasteiger partial charge is 0.366 e. The van der Waals surface area contributed by atoms with Crippen LogP contribution in [0.5, 0.6) is 0 Å². The summed E-state index contributed by atoms with van der Waals surface area (Å²) in [5, 5.41) is 3.28. The van der Waals surface area contributed by atoms with Gasteiger partial charge in [0.05, 0.1) is 0 Å². The van der Waals surface area contributed by atoms with Crippen molar-refractivity contribution in [2.24, 2.45) is 5.73 Å². The van der Waals surface area contributed by atoms with Crippen LogP contribution in [0.25, 0.3) is 5.57 Å². The van der Waals surface area contributed by atoms with E-state index >= 15 is 0 Å². The summed E-state index contributed by atoms with van der Waals surface area (Å²) in [5.74, 6) is -0.364. The Morgan fingerprint density at radius 3 is 2.80 bits per heavy atom. The van der Waals surface area contributed by atoms with Gasteiger partial charge in [0.15, 0.2) is 0 Å². The van der Waals surface area contributed by atoms with Crippen molar-refractivity contribution in [3.05, 3.63) is 41.5 Å². The summed E-state index contributed by atoms with van der Waals surface area (Å²) in [7, 11) is 0. The number of primary amides is 1. The molecule has 0 saturated heterocycles. The Labute approximate surface area is 89.0 Å². The van der Waals surface area contributed by atoms with E-state index in [1.165, 1.54) is 0 Å². The highest BCUT2D eigenvalue weighted by molar-refractivity contribution is 5.98. The standard InChI is InChI=1S/C12H14N2O/c13-12(15)11-6-2-1-5-10(11)9-4-3-7-14-8-9/h1-2,4-6,14H,3,7-8H2,(H2,13,15). The molecule has 0 spiro atoms. The van der Waals surface area contributed by atoms with Crippen molar-refractivity contribution in [1.29, 1.82) is 0 Å². The highest BCUT2D eigenvalue weighted by Gasteiger charge is 2.12. The van der Waals surface area contributed by atoms with Gasteiger partial charge >= 0.3 is 0 Å². The monoisotopic (exact) mass is 202 g/mol. The highest BCUT2D eigenvalue weighted by Crippen LogP contribution is 2.20. The van der Waals surface area contributed by atoms with Crippen molar-refractivity contribution in [2.45, 2.75) is 6.42 Å². The molecule has 0 unspecified atom stereocenters. The number of carbonyl (C=O) groups is 1. The van der Waals surface area contributed by atoms with Gasteiger partial charge in [0.25, 0.3) is 0 Å². The van der Waals surface area contributed by atoms with Crippen LogP contribution in [-0.4, -0.2) is 19.0 Å². The Morgan fingerprint density at radius 1 is 1.33 bits per heavy atom. The quantitative estimate of drug-likeness (QED) is 0.756. The van der Waals surface area contributed by atoms with Gasteiger partial charge in [-0.25, -0.2) is 0 Å². The summed E-state index contributed by atoms with van der Waals surface area (Å²) in [6.45, 7) is 1.81. The molecule has 1 aromatic carbocycles. The molecule has 0 aromatic heterocycles. The van der Waals surface area contributed by atoms with Gasteiger partial charge < -0.3 is 11.1 Å². The fourth-order valence-corrected chi connectivity index (χ4v) is 1.83. The third-order valence-electron chi connectivity index (χ3n) is 2.57. The molecule has 0 radical (unpaired) electrons. The fraction of sp³-hybridized carbons (Fsp3) is 0.250. The van der Waals surface area contributed by atoms with Crippen LogP contribution in [0.4, 0.5) is 0 Å². The van der Waals surface area contributed by atoms with Crippen LogP contribution in [-0.2, 0) is 0 Å². The van der Waals surface area contributed by atoms with E-state index in [-0.39, 0.29) is 5.91 Å². The van der Waals surface area contributed by atoms with Crippen LogP contribution in [0.2, 0.25) is 0 Å². The molecule has 3 N–H and O–H groups in total. The predicted molar refractivity (Wildman–Crippen MR) is 60.4 cm³/mol. The molecule has 15 heavy (non-hydrogen) atoms. The Kier molecular flexibility index (Phi) is 2.83. The maximum atomic E-state index is 11.2. The van der Waals surface area contributed by atoms with Crippen LogP contribution >= 0.6 is 0 Å². The number of carbonyl (C=O) groups excluding carboxylic acids is 1. The average molecular weight is 202 g/mol. The summed E-state index contributed by atoms with van der Waals surface area (Å²) in [6.07, 6.45) is 3.17. The Balaban J connectivity index is 2.42. The third kappa shape index (κ3) is 2.07. The molecule has 0 bridgehead atoms. The van der Waals surface area contributed by atoms with Gasteiger partial charge in [-0.05, 0) is 30.2 Å². The lowest BCUT2D eigenvalue weighted by molar-refractivity contribution is 0.1000. The average Bonchev–Trinajstić information content (AvgIpc) is 2.30. The first-order chi connectivity index (χ1) is 7.29. The Hall–Kier alpha value is -1.61. The van der Waals surface area contributed by atoms with Crippen LogP contribution in [0.3, 0.4) is 0 Å². The van der Waals surface area contributed by atoms with E-state index in [9.17, 15) is 4.79 Å². The summed E-state index contributed by atoms with van der Waals surface area (Å²) < 4.78 is 0. The first-order valence-corrected chi connectivity index (χ1v) is 5.08. The minimum absolute atomic E-state index is 0.364. The smallest absolute Gasteiger partial charge is 0.249 e. The van der Waals surface area contributed by atoms with E-state index in [4.69, 9.17) is 5.73 Å². The van der Waals surface area contributed by atoms with E-state index in [0.717, 1.165) is 30.6 Å². The van der Waals surface area contributed by atoms with Gasteiger partial charge in [0.1, 0.15) is 0 Å². The molecule has 0 atom stereocenters. The van der Waals surface area contributed by atoms with E-state index in [1.54, 1.807) is 6.07 Å². The second-order valence-corrected chi connectivity index (χ2v) is 3.60. The molecule has 78 valence electrons. The van der Waals surface area contributed by atoms with Crippen molar-refractivity contribution in [3.8, 4) is 0 Å². The van der Waals surface area contributed by atoms with Crippen LogP contribution in [0.15, 0.2) is 30.3 Å². The molecule has 3 heteroatoms. The van der Waals surface area contributed by atoms with Crippen molar-refractivity contribution in [1.82, 2.24) is 5.32 Å². The summed E-state index contributed by atoms with van der Waals surface area (Å²) in [5.41, 5.74) is 8.06. The van der Waals surface area contributed by atoms with E-state index < -0.39 is 0 Å². The zero-order valence-electron chi connectivity index (χ0n) is 8.49. The molecule has 0 aliphatic carbocycles. The maximum Gasteiger partial charge on any atom is 0.249 e. The molecule has 1 aliphatic heterocycles. The SMILES string of the molecule is NC(=O)c1ccccc1C1=CCCNC1. The summed E-state index contributed by atoms with van der Waals surface area (Å²) in [6, 6.07) is 7.48. The van der Waals surface area contributed by atoms with Crippen molar-refractivity contribution in [2.75, 3.05) is 13.1 Å². The van der Waals surface area contributed by atoms with Gasteiger partial charge in [-0.1, -0.05) is 24.3 Å². The summed E-state index contributed by atoms with van der Waals surface area (Å²) in [4.78, 5) is 11.2. The fourth-order valence-electron chi connectivity index (χ4n) is 1.83. The minimum Gasteiger partial charge on any atom is -0.366 e. The van der Waals surface area contributed by atoms with E-state index in [0.29, 0.717) is 5.56 Å². The minimum atomic E-state index is -0.364. The lowest BCUT2D eigenvalue weighted by atomic mass is 9.97. The number of nitrogens with one attached hydrogen (secondary N) is 1. The lowest BCUT2D eigenvalue weighted by Gasteiger charge is -2.16. The van der Waals surface area contributed by atoms with Gasteiger partial charge in [-0.15, -0.1) is 0 Å². The molecule has 1 amide bonds. The van der Waals surface area contributed by atoms with E-state index in [1.807, 2.05) is 18.2 Å². The lowest BCUT2D eigenvalue weighted by Crippen LogP contribution is -2.23. The summed E-state index contributed by atoms with van der Waals surface area (Å²) >= 11 is 0. The van der Waals surface area contributed by atoms with Gasteiger partial charge in [0.2, 0.25) is 5.91 Å². The normalized spacial score (nSPS) is 15.9. The molecule has 0 saturated carbocycles. The first-order valence-electron chi connectivity index (χ1n) is 5.08. The molecule has 1 aromatic rings. The Morgan fingerprint density at radius 2 is 2.13 bits per heavy atom. The zero-order chi connectivity index (χ0) is 10.7. The molecule has 2 rings (SSSR count). The van der Waals surface area contributed by atoms with Gasteiger partial charge in [-0.2, -0.15) is 0 Å². The third-order valence-corrected chi connectivity index (χ3v) is 2.57. The Bertz CT molecular complexity index is 410. The van der Waals surface area contributed by atoms with Crippen LogP contribution in [0.1, 0.15) is 22.3 Å². The number of amides is 1. The molecule has 1 aliphatic rings. The number of benzene rings is 1. The van der Waals surface area contributed by atoms with Gasteiger partial charge in [0, 0.05) is 12.1 Å².